The summed E-state index contributed by atoms with van der Waals surface area (Å²) in [5.41, 5.74) is 3.83. The van der Waals surface area contributed by atoms with Gasteiger partial charge in [0.05, 0.1) is 6.10 Å². The second-order valence-electron chi connectivity index (χ2n) is 4.55. The molecule has 1 aromatic rings. The van der Waals surface area contributed by atoms with Crippen LogP contribution in [0.15, 0.2) is 12.1 Å². The minimum Gasteiger partial charge on any atom is -0.391 e. The number of hydrogen-bond acceptors (Lipinski definition) is 2. The zero-order chi connectivity index (χ0) is 13.0. The lowest BCUT2D eigenvalue weighted by atomic mass is 9.99. The molecule has 0 aromatic heterocycles. The van der Waals surface area contributed by atoms with E-state index >= 15 is 0 Å². The van der Waals surface area contributed by atoms with Crippen LogP contribution in [0.25, 0.3) is 0 Å². The van der Waals surface area contributed by atoms with Gasteiger partial charge in [-0.2, -0.15) is 0 Å². The number of benzene rings is 1. The van der Waals surface area contributed by atoms with Crippen molar-refractivity contribution >= 4 is 5.91 Å². The molecule has 0 fully saturated rings. The molecule has 1 amide bonds. The van der Waals surface area contributed by atoms with Crippen molar-refractivity contribution < 1.29 is 9.90 Å². The number of aliphatic hydroxyl groups is 1. The van der Waals surface area contributed by atoms with E-state index in [2.05, 4.69) is 5.32 Å². The molecular weight excluding hydrogens is 214 g/mol. The number of nitrogens with one attached hydrogen (secondary N) is 1. The summed E-state index contributed by atoms with van der Waals surface area (Å²) >= 11 is 0. The molecule has 17 heavy (non-hydrogen) atoms. The predicted octanol–water partition coefficient (Wildman–Crippen LogP) is 2.11. The molecule has 2 N–H and O–H groups in total. The molecule has 1 aromatic carbocycles. The average Bonchev–Trinajstić information content (AvgIpc) is 2.24. The Labute approximate surface area is 103 Å². The fraction of sp³-hybridized carbons (Fsp3) is 0.500. The van der Waals surface area contributed by atoms with Crippen LogP contribution < -0.4 is 5.32 Å². The molecule has 1 rings (SSSR count). The predicted molar refractivity (Wildman–Crippen MR) is 69.3 cm³/mol. The molecule has 0 bridgehead atoms. The first-order valence-corrected chi connectivity index (χ1v) is 5.99. The zero-order valence-electron chi connectivity index (χ0n) is 11.0. The first kappa shape index (κ1) is 13.7. The van der Waals surface area contributed by atoms with E-state index in [-0.39, 0.29) is 5.91 Å². The summed E-state index contributed by atoms with van der Waals surface area (Å²) in [4.78, 5) is 12.0. The summed E-state index contributed by atoms with van der Waals surface area (Å²) in [6.07, 6.45) is 0.177. The molecule has 0 saturated carbocycles. The molecule has 0 saturated heterocycles. The minimum atomic E-state index is -0.468. The number of aryl methyl sites for hydroxylation is 3. The van der Waals surface area contributed by atoms with Gasteiger partial charge in [0.25, 0.3) is 5.91 Å². The highest BCUT2D eigenvalue weighted by atomic mass is 16.3. The number of rotatable bonds is 4. The van der Waals surface area contributed by atoms with Crippen LogP contribution in [-0.2, 0) is 0 Å². The summed E-state index contributed by atoms with van der Waals surface area (Å²) in [6.45, 7) is 8.08. The Hall–Kier alpha value is -1.35. The third kappa shape index (κ3) is 3.56. The standard InChI is InChI=1S/C14H21NO2/c1-5-12(16)8-15-14(17)13-10(3)6-9(2)7-11(13)4/h6-7,12,16H,5,8H2,1-4H3,(H,15,17). The maximum Gasteiger partial charge on any atom is 0.251 e. The number of carbonyl (C=O) groups is 1. The van der Waals surface area contributed by atoms with Gasteiger partial charge in [0.2, 0.25) is 0 Å². The van der Waals surface area contributed by atoms with Crippen LogP contribution in [0.4, 0.5) is 0 Å². The van der Waals surface area contributed by atoms with Crippen LogP contribution in [0.3, 0.4) is 0 Å². The number of carbonyl (C=O) groups excluding carboxylic acids is 1. The summed E-state index contributed by atoms with van der Waals surface area (Å²) < 4.78 is 0. The van der Waals surface area contributed by atoms with Crippen LogP contribution >= 0.6 is 0 Å². The smallest absolute Gasteiger partial charge is 0.251 e. The molecule has 0 radical (unpaired) electrons. The Morgan fingerprint density at radius 2 is 1.82 bits per heavy atom. The van der Waals surface area contributed by atoms with Gasteiger partial charge in [-0.05, 0) is 38.3 Å². The molecule has 3 nitrogen and oxygen atoms in total. The Morgan fingerprint density at radius 1 is 1.29 bits per heavy atom. The van der Waals surface area contributed by atoms with E-state index in [4.69, 9.17) is 0 Å². The highest BCUT2D eigenvalue weighted by Gasteiger charge is 2.13. The second kappa shape index (κ2) is 5.82. The van der Waals surface area contributed by atoms with Crippen molar-refractivity contribution in [3.8, 4) is 0 Å². The Balaban J connectivity index is 2.82. The highest BCUT2D eigenvalue weighted by Crippen LogP contribution is 2.16. The fourth-order valence-corrected chi connectivity index (χ4v) is 1.98. The third-order valence-corrected chi connectivity index (χ3v) is 2.87. The lowest BCUT2D eigenvalue weighted by Crippen LogP contribution is -2.32. The van der Waals surface area contributed by atoms with Crippen molar-refractivity contribution in [1.82, 2.24) is 5.32 Å². The molecule has 1 atom stereocenters. The van der Waals surface area contributed by atoms with Crippen molar-refractivity contribution in [2.45, 2.75) is 40.2 Å². The molecule has 1 unspecified atom stereocenters. The monoisotopic (exact) mass is 235 g/mol. The van der Waals surface area contributed by atoms with Crippen molar-refractivity contribution in [1.29, 1.82) is 0 Å². The maximum atomic E-state index is 12.0. The topological polar surface area (TPSA) is 49.3 Å². The van der Waals surface area contributed by atoms with Crippen LogP contribution in [0.5, 0.6) is 0 Å². The van der Waals surface area contributed by atoms with Gasteiger partial charge < -0.3 is 10.4 Å². The largest absolute Gasteiger partial charge is 0.391 e. The van der Waals surface area contributed by atoms with E-state index in [0.29, 0.717) is 13.0 Å². The second-order valence-corrected chi connectivity index (χ2v) is 4.55. The van der Waals surface area contributed by atoms with E-state index in [1.807, 2.05) is 39.8 Å². The molecule has 3 heteroatoms. The lowest BCUT2D eigenvalue weighted by Gasteiger charge is -2.13. The normalized spacial score (nSPS) is 12.3. The van der Waals surface area contributed by atoms with E-state index in [0.717, 1.165) is 22.3 Å². The van der Waals surface area contributed by atoms with Crippen molar-refractivity contribution in [2.24, 2.45) is 0 Å². The molecule has 0 spiro atoms. The van der Waals surface area contributed by atoms with Crippen LogP contribution in [0, 0.1) is 20.8 Å². The third-order valence-electron chi connectivity index (χ3n) is 2.87. The van der Waals surface area contributed by atoms with Gasteiger partial charge in [0.1, 0.15) is 0 Å². The van der Waals surface area contributed by atoms with Gasteiger partial charge in [-0.25, -0.2) is 0 Å². The summed E-state index contributed by atoms with van der Waals surface area (Å²) in [5.74, 6) is -0.104. The van der Waals surface area contributed by atoms with Gasteiger partial charge in [-0.1, -0.05) is 24.6 Å². The SMILES string of the molecule is CCC(O)CNC(=O)c1c(C)cc(C)cc1C. The lowest BCUT2D eigenvalue weighted by molar-refractivity contribution is 0.0912. The van der Waals surface area contributed by atoms with E-state index in [1.54, 1.807) is 0 Å². The summed E-state index contributed by atoms with van der Waals surface area (Å²) in [6, 6.07) is 4.00. The van der Waals surface area contributed by atoms with Gasteiger partial charge in [0, 0.05) is 12.1 Å². The first-order valence-electron chi connectivity index (χ1n) is 5.99. The van der Waals surface area contributed by atoms with Crippen molar-refractivity contribution in [3.63, 3.8) is 0 Å². The van der Waals surface area contributed by atoms with Gasteiger partial charge in [-0.15, -0.1) is 0 Å². The molecule has 0 aliphatic rings. The van der Waals surface area contributed by atoms with Crippen LogP contribution in [-0.4, -0.2) is 23.7 Å². The number of aliphatic hydroxyl groups excluding tert-OH is 1. The van der Waals surface area contributed by atoms with Gasteiger partial charge in [-0.3, -0.25) is 4.79 Å². The van der Waals surface area contributed by atoms with Crippen molar-refractivity contribution in [3.05, 3.63) is 34.4 Å². The van der Waals surface area contributed by atoms with E-state index in [9.17, 15) is 9.90 Å². The highest BCUT2D eigenvalue weighted by molar-refractivity contribution is 5.97. The van der Waals surface area contributed by atoms with Gasteiger partial charge in [0.15, 0.2) is 0 Å². The Kier molecular flexibility index (Phi) is 4.70. The summed E-state index contributed by atoms with van der Waals surface area (Å²) in [5, 5.41) is 12.2. The molecule has 0 aliphatic carbocycles. The van der Waals surface area contributed by atoms with Gasteiger partial charge >= 0.3 is 0 Å². The fourth-order valence-electron chi connectivity index (χ4n) is 1.98. The van der Waals surface area contributed by atoms with Crippen molar-refractivity contribution in [2.75, 3.05) is 6.54 Å². The minimum absolute atomic E-state index is 0.104. The zero-order valence-corrected chi connectivity index (χ0v) is 11.0. The number of hydrogen-bond donors (Lipinski definition) is 2. The number of amides is 1. The maximum absolute atomic E-state index is 12.0. The summed E-state index contributed by atoms with van der Waals surface area (Å²) in [7, 11) is 0. The van der Waals surface area contributed by atoms with Crippen LogP contribution in [0.2, 0.25) is 0 Å². The molecule has 0 heterocycles. The first-order chi connectivity index (χ1) is 7.95. The van der Waals surface area contributed by atoms with Crippen LogP contribution in [0.1, 0.15) is 40.4 Å². The quantitative estimate of drug-likeness (QED) is 0.839. The van der Waals surface area contributed by atoms with E-state index in [1.165, 1.54) is 0 Å². The average molecular weight is 235 g/mol. The molecular formula is C14H21NO2. The van der Waals surface area contributed by atoms with E-state index < -0.39 is 6.10 Å². The molecule has 94 valence electrons. The Bertz CT molecular complexity index is 390. The molecule has 0 aliphatic heterocycles. The Morgan fingerprint density at radius 3 is 2.29 bits per heavy atom.